The van der Waals surface area contributed by atoms with E-state index in [-0.39, 0.29) is 37.4 Å². The summed E-state index contributed by atoms with van der Waals surface area (Å²) < 4.78 is 65.9. The number of hydrogen-bond donors (Lipinski definition) is 4. The highest BCUT2D eigenvalue weighted by molar-refractivity contribution is 7.89. The Balaban J connectivity index is 1.52. The third-order valence-electron chi connectivity index (χ3n) is 8.51. The first-order valence-corrected chi connectivity index (χ1v) is 24.7. The molecule has 3 atom stereocenters. The van der Waals surface area contributed by atoms with Crippen LogP contribution in [-0.4, -0.2) is 78.0 Å². The van der Waals surface area contributed by atoms with E-state index >= 15 is 0 Å². The zero-order valence-electron chi connectivity index (χ0n) is 30.9. The zero-order chi connectivity index (χ0) is 38.5. The minimum Gasteiger partial charge on any atom is -0.390 e. The van der Waals surface area contributed by atoms with Gasteiger partial charge in [0.05, 0.1) is 17.0 Å². The molecule has 0 fully saturated rings. The fourth-order valence-electron chi connectivity index (χ4n) is 5.85. The van der Waals surface area contributed by atoms with Crippen LogP contribution in [0.4, 0.5) is 0 Å². The maximum Gasteiger partial charge on any atom is 0.534 e. The Labute approximate surface area is 317 Å². The molecule has 5 N–H and O–H groups in total. The van der Waals surface area contributed by atoms with Crippen molar-refractivity contribution in [2.45, 2.75) is 57.1 Å². The molecule has 0 aliphatic carbocycles. The van der Waals surface area contributed by atoms with Crippen molar-refractivity contribution in [3.63, 3.8) is 0 Å². The molecule has 4 rings (SSSR count). The van der Waals surface area contributed by atoms with Crippen LogP contribution >= 0.6 is 0 Å². The molecule has 4 aromatic carbocycles. The highest BCUT2D eigenvalue weighted by Crippen LogP contribution is 2.29. The summed E-state index contributed by atoms with van der Waals surface area (Å²) in [5.41, 5.74) is 8.93. The van der Waals surface area contributed by atoms with Gasteiger partial charge in [-0.1, -0.05) is 97.1 Å². The van der Waals surface area contributed by atoms with Gasteiger partial charge in [0.25, 0.3) is 0 Å². The smallest absolute Gasteiger partial charge is 0.390 e. The predicted molar refractivity (Wildman–Crippen MR) is 210 cm³/mol. The average Bonchev–Trinajstić information content (AvgIpc) is 3.17. The molecular formula is C37H52N2O10SSi3. The molecule has 0 saturated heterocycles. The van der Waals surface area contributed by atoms with Gasteiger partial charge < -0.3 is 41.6 Å². The van der Waals surface area contributed by atoms with Crippen LogP contribution in [0.1, 0.15) is 56.5 Å². The quantitative estimate of drug-likeness (QED) is 0.0857. The van der Waals surface area contributed by atoms with Crippen molar-refractivity contribution in [3.05, 3.63) is 126 Å². The minimum absolute atomic E-state index is 0.0733. The second-order valence-corrected chi connectivity index (χ2v) is 21.5. The third-order valence-corrected chi connectivity index (χ3v) is 18.6. The first-order chi connectivity index (χ1) is 25.4. The lowest BCUT2D eigenvalue weighted by Crippen LogP contribution is -2.64. The monoisotopic (exact) mass is 800 g/mol. The molecule has 4 aromatic rings. The summed E-state index contributed by atoms with van der Waals surface area (Å²) in [6.07, 6.45) is 0.318. The van der Waals surface area contributed by atoms with E-state index in [1.54, 1.807) is 50.2 Å². The van der Waals surface area contributed by atoms with E-state index in [4.69, 9.17) is 32.0 Å². The Morgan fingerprint density at radius 2 is 1.17 bits per heavy atom. The van der Waals surface area contributed by atoms with E-state index in [0.717, 1.165) is 16.7 Å². The molecule has 288 valence electrons. The van der Waals surface area contributed by atoms with E-state index in [9.17, 15) is 18.0 Å². The van der Waals surface area contributed by atoms with Crippen molar-refractivity contribution in [1.29, 1.82) is 0 Å². The second-order valence-electron chi connectivity index (χ2n) is 12.1. The molecule has 0 aromatic heterocycles. The van der Waals surface area contributed by atoms with Crippen molar-refractivity contribution < 1.29 is 44.3 Å². The van der Waals surface area contributed by atoms with Gasteiger partial charge in [-0.25, -0.2) is 13.1 Å². The molecular weight excluding hydrogens is 749 g/mol. The molecule has 12 nitrogen and oxygen atoms in total. The maximum atomic E-state index is 13.7. The summed E-state index contributed by atoms with van der Waals surface area (Å²) in [5.74, 6) is 0. The summed E-state index contributed by atoms with van der Waals surface area (Å²) in [6.45, 7) is 8.24. The van der Waals surface area contributed by atoms with E-state index in [1.165, 1.54) is 19.2 Å². The van der Waals surface area contributed by atoms with Crippen molar-refractivity contribution in [2.24, 2.45) is 5.73 Å². The summed E-state index contributed by atoms with van der Waals surface area (Å²) in [4.78, 5) is 23.0. The number of benzene rings is 4. The van der Waals surface area contributed by atoms with Crippen molar-refractivity contribution in [1.82, 2.24) is 4.72 Å². The summed E-state index contributed by atoms with van der Waals surface area (Å²) in [5, 5.41) is 1.08. The maximum absolute atomic E-state index is 13.7. The molecule has 0 aliphatic rings. The number of nitrogens with one attached hydrogen (secondary N) is 1. The summed E-state index contributed by atoms with van der Waals surface area (Å²) in [7, 11) is -13.9. The lowest BCUT2D eigenvalue weighted by Gasteiger charge is -2.35. The first-order valence-electron chi connectivity index (χ1n) is 17.7. The zero-order valence-corrected chi connectivity index (χ0v) is 34.8. The second kappa shape index (κ2) is 19.6. The number of nitrogens with two attached hydrogens (primary N) is 1. The van der Waals surface area contributed by atoms with Crippen LogP contribution in [0.3, 0.4) is 0 Å². The average molecular weight is 801 g/mol. The van der Waals surface area contributed by atoms with Gasteiger partial charge in [-0.15, -0.1) is 0 Å². The Morgan fingerprint density at radius 3 is 1.66 bits per heavy atom. The summed E-state index contributed by atoms with van der Waals surface area (Å²) in [6, 6.07) is 30.7. The number of sulfonamides is 1. The Morgan fingerprint density at radius 1 is 0.679 bits per heavy atom. The number of hydrogen-bond acceptors (Lipinski definition) is 11. The Bertz CT molecular complexity index is 1780. The van der Waals surface area contributed by atoms with Gasteiger partial charge in [-0.2, -0.15) is 0 Å². The number of aryl methyl sites for hydroxylation is 1. The minimum atomic E-state index is -3.99. The fraction of sp³-hybridized carbons (Fsp3) is 0.351. The Hall–Kier alpha value is -2.92. The summed E-state index contributed by atoms with van der Waals surface area (Å²) >= 11 is 0. The standard InChI is InChI=1S/C37H52N2O10SSi3/c1-6-45-52(43,46-7-2)34-24-26-35(27-25-34)53(47-8-3,48-9-4)49-51(42,44-5)29-28-30-20-22-33(23-21-30)50(40,41)39-37(32-18-14-11-15-19-32)36(38)31-16-12-10-13-17-31/h10-27,36-37,39,42-43H,6-9,28-29,38H2,1-5H3/t36-,37-,51?/m0/s1. The SMILES string of the molecule is CCO[Si](O)(OCC)c1ccc([Si](OCC)(OCC)O[Si](O)(CCc2ccc(S(=O)(=O)N[C@@H](c3ccccc3)[C@@H](N)c3ccccc3)cc2)OC)cc1. The largest absolute Gasteiger partial charge is 0.534 e. The number of rotatable bonds is 22. The third kappa shape index (κ3) is 11.1. The molecule has 0 aliphatic heterocycles. The molecule has 1 unspecified atom stereocenters. The van der Waals surface area contributed by atoms with Crippen molar-refractivity contribution >= 4 is 46.8 Å². The molecule has 0 radical (unpaired) electrons. The van der Waals surface area contributed by atoms with E-state index in [0.29, 0.717) is 16.8 Å². The fourth-order valence-corrected chi connectivity index (χ4v) is 14.8. The van der Waals surface area contributed by atoms with Crippen LogP contribution in [0.25, 0.3) is 0 Å². The topological polar surface area (TPSA) is 168 Å². The van der Waals surface area contributed by atoms with Crippen LogP contribution < -0.4 is 20.8 Å². The van der Waals surface area contributed by atoms with Crippen LogP contribution in [0.5, 0.6) is 0 Å². The van der Waals surface area contributed by atoms with Crippen LogP contribution in [-0.2, 0) is 42.7 Å². The highest BCUT2D eigenvalue weighted by Gasteiger charge is 2.53. The van der Waals surface area contributed by atoms with Gasteiger partial charge in [0, 0.05) is 50.0 Å². The van der Waals surface area contributed by atoms with Gasteiger partial charge in [0.1, 0.15) is 0 Å². The molecule has 0 bridgehead atoms. The predicted octanol–water partition coefficient (Wildman–Crippen LogP) is 3.67. The molecule has 16 heteroatoms. The van der Waals surface area contributed by atoms with Gasteiger partial charge in [0.15, 0.2) is 0 Å². The van der Waals surface area contributed by atoms with Gasteiger partial charge in [-0.05, 0) is 62.9 Å². The van der Waals surface area contributed by atoms with Crippen molar-refractivity contribution in [2.75, 3.05) is 33.5 Å². The lowest BCUT2D eigenvalue weighted by atomic mass is 9.95. The van der Waals surface area contributed by atoms with Crippen LogP contribution in [0.15, 0.2) is 114 Å². The normalized spacial score (nSPS) is 14.8. The Kier molecular flexibility index (Phi) is 15.8. The first kappa shape index (κ1) is 42.8. The molecule has 53 heavy (non-hydrogen) atoms. The molecule has 0 spiro atoms. The molecule has 0 saturated carbocycles. The van der Waals surface area contributed by atoms with Crippen molar-refractivity contribution in [3.8, 4) is 0 Å². The van der Waals surface area contributed by atoms with Gasteiger partial charge >= 0.3 is 26.4 Å². The van der Waals surface area contributed by atoms with E-state index < -0.39 is 48.5 Å². The van der Waals surface area contributed by atoms with Gasteiger partial charge in [0.2, 0.25) is 10.0 Å². The molecule has 0 amide bonds. The molecule has 0 heterocycles. The van der Waals surface area contributed by atoms with E-state index in [2.05, 4.69) is 4.72 Å². The van der Waals surface area contributed by atoms with E-state index in [1.807, 2.05) is 74.5 Å². The van der Waals surface area contributed by atoms with Crippen LogP contribution in [0, 0.1) is 0 Å². The van der Waals surface area contributed by atoms with Gasteiger partial charge in [-0.3, -0.25) is 0 Å². The highest BCUT2D eigenvalue weighted by atomic mass is 32.2. The van der Waals surface area contributed by atoms with Crippen LogP contribution in [0.2, 0.25) is 6.04 Å². The lowest BCUT2D eigenvalue weighted by molar-refractivity contribution is 0.0863.